The van der Waals surface area contributed by atoms with Crippen molar-refractivity contribution in [1.29, 1.82) is 0 Å². The van der Waals surface area contributed by atoms with E-state index in [2.05, 4.69) is 20.5 Å². The first-order chi connectivity index (χ1) is 8.04. The first-order valence-electron chi connectivity index (χ1n) is 4.81. The lowest BCUT2D eigenvalue weighted by Crippen LogP contribution is -2.16. The summed E-state index contributed by atoms with van der Waals surface area (Å²) in [6, 6.07) is 3.90. The number of aromatic nitrogens is 3. The number of carbonyl (C=O) groups is 1. The molecule has 0 aromatic carbocycles. The predicted octanol–water partition coefficient (Wildman–Crippen LogP) is 0.364. The molecule has 0 aliphatic rings. The first kappa shape index (κ1) is 10.9. The molecule has 7 heteroatoms. The third kappa shape index (κ3) is 2.51. The van der Waals surface area contributed by atoms with Gasteiger partial charge in [-0.2, -0.15) is 5.10 Å². The number of nitrogens with one attached hydrogen (secondary N) is 3. The first-order valence-corrected chi connectivity index (χ1v) is 4.81. The summed E-state index contributed by atoms with van der Waals surface area (Å²) in [4.78, 5) is 24.9. The molecular weight excluding hydrogens is 224 g/mol. The molecular formula is C10H10N4O3. The van der Waals surface area contributed by atoms with Gasteiger partial charge in [0, 0.05) is 23.9 Å². The Labute approximate surface area is 95.5 Å². The minimum absolute atomic E-state index is 0.0619. The van der Waals surface area contributed by atoms with Crippen LogP contribution < -0.4 is 10.9 Å². The number of H-pyrrole nitrogens is 2. The number of aromatic amines is 2. The van der Waals surface area contributed by atoms with Gasteiger partial charge in [-0.1, -0.05) is 0 Å². The van der Waals surface area contributed by atoms with E-state index in [1.807, 2.05) is 0 Å². The third-order valence-electron chi connectivity index (χ3n) is 2.04. The molecule has 0 radical (unpaired) electrons. The maximum atomic E-state index is 11.7. The number of carbonyl (C=O) groups excluding carboxylic acids is 1. The van der Waals surface area contributed by atoms with E-state index in [0.29, 0.717) is 5.82 Å². The molecule has 0 bridgehead atoms. The molecule has 7 nitrogen and oxygen atoms in total. The second-order valence-electron chi connectivity index (χ2n) is 3.51. The van der Waals surface area contributed by atoms with Crippen LogP contribution in [0.2, 0.25) is 0 Å². The Kier molecular flexibility index (Phi) is 2.65. The van der Waals surface area contributed by atoms with E-state index >= 15 is 0 Å². The van der Waals surface area contributed by atoms with Crippen LogP contribution in [0.1, 0.15) is 16.1 Å². The Morgan fingerprint density at radius 2 is 2.18 bits per heavy atom. The lowest BCUT2D eigenvalue weighted by Gasteiger charge is -2.01. The molecule has 1 amide bonds. The van der Waals surface area contributed by atoms with Gasteiger partial charge in [-0.25, -0.2) is 0 Å². The topological polar surface area (TPSA) is 111 Å². The maximum Gasteiger partial charge on any atom is 0.257 e. The number of nitrogens with zero attached hydrogens (tertiary/aromatic N) is 1. The molecule has 2 heterocycles. The van der Waals surface area contributed by atoms with Gasteiger partial charge in [-0.15, -0.1) is 0 Å². The highest BCUT2D eigenvalue weighted by Crippen LogP contribution is 2.08. The van der Waals surface area contributed by atoms with Gasteiger partial charge in [0.25, 0.3) is 11.5 Å². The summed E-state index contributed by atoms with van der Waals surface area (Å²) < 4.78 is 0. The Hall–Kier alpha value is -2.57. The summed E-state index contributed by atoms with van der Waals surface area (Å²) in [7, 11) is 0. The average molecular weight is 234 g/mol. The second kappa shape index (κ2) is 4.12. The molecule has 0 fully saturated rings. The largest absolute Gasteiger partial charge is 0.494 e. The van der Waals surface area contributed by atoms with Gasteiger partial charge in [0.1, 0.15) is 0 Å². The monoisotopic (exact) mass is 234 g/mol. The number of pyridine rings is 1. The van der Waals surface area contributed by atoms with E-state index in [9.17, 15) is 9.59 Å². The van der Waals surface area contributed by atoms with Crippen molar-refractivity contribution >= 4 is 11.7 Å². The zero-order valence-electron chi connectivity index (χ0n) is 8.94. The van der Waals surface area contributed by atoms with E-state index in [1.54, 1.807) is 13.0 Å². The third-order valence-corrected chi connectivity index (χ3v) is 2.04. The number of rotatable bonds is 2. The summed E-state index contributed by atoms with van der Waals surface area (Å²) >= 11 is 0. The van der Waals surface area contributed by atoms with Crippen molar-refractivity contribution in [3.8, 4) is 5.88 Å². The molecule has 2 aromatic rings. The van der Waals surface area contributed by atoms with Gasteiger partial charge in [0.05, 0.1) is 5.56 Å². The van der Waals surface area contributed by atoms with Crippen molar-refractivity contribution in [3.63, 3.8) is 0 Å². The summed E-state index contributed by atoms with van der Waals surface area (Å²) in [5.41, 5.74) is 0.314. The molecule has 0 unspecified atom stereocenters. The van der Waals surface area contributed by atoms with Crippen LogP contribution in [0.5, 0.6) is 5.88 Å². The zero-order chi connectivity index (χ0) is 12.4. The molecule has 4 N–H and O–H groups in total. The van der Waals surface area contributed by atoms with Gasteiger partial charge in [-0.3, -0.25) is 19.7 Å². The van der Waals surface area contributed by atoms with Crippen LogP contribution in [-0.4, -0.2) is 26.2 Å². The zero-order valence-corrected chi connectivity index (χ0v) is 8.94. The van der Waals surface area contributed by atoms with Crippen LogP contribution in [0.3, 0.4) is 0 Å². The highest BCUT2D eigenvalue weighted by atomic mass is 16.3. The Bertz CT molecular complexity index is 614. The highest BCUT2D eigenvalue weighted by molar-refractivity contribution is 6.03. The molecule has 0 saturated heterocycles. The average Bonchev–Trinajstić information content (AvgIpc) is 2.62. The standard InChI is InChI=1S/C10H10N4O3/c1-5-2-7(14-13-5)11-10(17)6-3-8(15)12-9(16)4-6/h2-4H,1H3,(H2,12,15,16)(H2,11,13,14,17). The lowest BCUT2D eigenvalue weighted by atomic mass is 10.2. The smallest absolute Gasteiger partial charge is 0.257 e. The fourth-order valence-electron chi connectivity index (χ4n) is 1.33. The van der Waals surface area contributed by atoms with Crippen LogP contribution in [0, 0.1) is 6.92 Å². The maximum absolute atomic E-state index is 11.7. The minimum atomic E-state index is -0.548. The van der Waals surface area contributed by atoms with Crippen LogP contribution in [0.25, 0.3) is 0 Å². The number of aromatic hydroxyl groups is 1. The lowest BCUT2D eigenvalue weighted by molar-refractivity contribution is 0.102. The van der Waals surface area contributed by atoms with Gasteiger partial charge < -0.3 is 10.4 Å². The molecule has 0 aliphatic heterocycles. The van der Waals surface area contributed by atoms with E-state index in [1.165, 1.54) is 0 Å². The molecule has 17 heavy (non-hydrogen) atoms. The van der Waals surface area contributed by atoms with E-state index in [4.69, 9.17) is 5.11 Å². The molecule has 0 atom stereocenters. The van der Waals surface area contributed by atoms with Crippen molar-refractivity contribution in [2.24, 2.45) is 0 Å². The molecule has 0 aliphatic carbocycles. The van der Waals surface area contributed by atoms with Gasteiger partial charge >= 0.3 is 0 Å². The van der Waals surface area contributed by atoms with Crippen LogP contribution in [-0.2, 0) is 0 Å². The van der Waals surface area contributed by atoms with E-state index in [-0.39, 0.29) is 11.4 Å². The fraction of sp³-hybridized carbons (Fsp3) is 0.100. The van der Waals surface area contributed by atoms with Crippen molar-refractivity contribution in [2.75, 3.05) is 5.32 Å². The minimum Gasteiger partial charge on any atom is -0.494 e. The number of anilines is 1. The molecule has 0 spiro atoms. The van der Waals surface area contributed by atoms with Crippen LogP contribution >= 0.6 is 0 Å². The van der Waals surface area contributed by atoms with Crippen molar-refractivity contribution < 1.29 is 9.90 Å². The summed E-state index contributed by atoms with van der Waals surface area (Å²) in [5.74, 6) is -0.522. The van der Waals surface area contributed by atoms with Crippen LogP contribution in [0.15, 0.2) is 23.0 Å². The summed E-state index contributed by atoms with van der Waals surface area (Å²) in [6.45, 7) is 1.79. The summed E-state index contributed by atoms with van der Waals surface area (Å²) in [5, 5.41) is 18.1. The Morgan fingerprint density at radius 3 is 2.76 bits per heavy atom. The molecule has 88 valence electrons. The normalized spacial score (nSPS) is 10.2. The van der Waals surface area contributed by atoms with Crippen molar-refractivity contribution in [3.05, 3.63) is 39.8 Å². The number of amides is 1. The quantitative estimate of drug-likeness (QED) is 0.601. The fourth-order valence-corrected chi connectivity index (χ4v) is 1.33. The van der Waals surface area contributed by atoms with Crippen molar-refractivity contribution in [1.82, 2.24) is 15.2 Å². The van der Waals surface area contributed by atoms with Gasteiger partial charge in [0.15, 0.2) is 11.7 Å². The molecule has 2 rings (SSSR count). The number of aryl methyl sites for hydroxylation is 1. The van der Waals surface area contributed by atoms with Gasteiger partial charge in [0.2, 0.25) is 0 Å². The van der Waals surface area contributed by atoms with Crippen molar-refractivity contribution in [2.45, 2.75) is 6.92 Å². The second-order valence-corrected chi connectivity index (χ2v) is 3.51. The predicted molar refractivity (Wildman–Crippen MR) is 60.0 cm³/mol. The number of hydrogen-bond donors (Lipinski definition) is 4. The van der Waals surface area contributed by atoms with E-state index in [0.717, 1.165) is 17.8 Å². The number of hydrogen-bond acceptors (Lipinski definition) is 4. The summed E-state index contributed by atoms with van der Waals surface area (Å²) in [6.07, 6.45) is 0. The Balaban J connectivity index is 2.22. The van der Waals surface area contributed by atoms with Gasteiger partial charge in [-0.05, 0) is 6.92 Å². The molecule has 0 saturated carbocycles. The van der Waals surface area contributed by atoms with Crippen LogP contribution in [0.4, 0.5) is 5.82 Å². The highest BCUT2D eigenvalue weighted by Gasteiger charge is 2.09. The Morgan fingerprint density at radius 1 is 1.41 bits per heavy atom. The molecule has 2 aromatic heterocycles. The SMILES string of the molecule is Cc1cc(NC(=O)c2cc(O)[nH]c(=O)c2)n[nH]1. The van der Waals surface area contributed by atoms with E-state index < -0.39 is 11.5 Å².